The van der Waals surface area contributed by atoms with Crippen molar-refractivity contribution in [2.75, 3.05) is 11.9 Å². The molecule has 1 aliphatic heterocycles. The Bertz CT molecular complexity index is 599. The van der Waals surface area contributed by atoms with Crippen molar-refractivity contribution in [2.45, 2.75) is 45.6 Å². The summed E-state index contributed by atoms with van der Waals surface area (Å²) in [6.45, 7) is 4.04. The van der Waals surface area contributed by atoms with Crippen molar-refractivity contribution in [3.8, 4) is 0 Å². The van der Waals surface area contributed by atoms with Crippen LogP contribution in [-0.4, -0.2) is 45.4 Å². The fourth-order valence-electron chi connectivity index (χ4n) is 2.44. The lowest BCUT2D eigenvalue weighted by Gasteiger charge is -2.32. The summed E-state index contributed by atoms with van der Waals surface area (Å²) in [5, 5.41) is 14.1. The van der Waals surface area contributed by atoms with Crippen molar-refractivity contribution in [3.05, 3.63) is 11.1 Å². The van der Waals surface area contributed by atoms with Gasteiger partial charge in [0, 0.05) is 17.8 Å². The van der Waals surface area contributed by atoms with Gasteiger partial charge in [0.25, 0.3) is 0 Å². The van der Waals surface area contributed by atoms with Crippen LogP contribution in [0.4, 0.5) is 5.13 Å². The fraction of sp³-hybridized carbons (Fsp3) is 0.600. The van der Waals surface area contributed by atoms with Gasteiger partial charge in [-0.15, -0.1) is 11.3 Å². The van der Waals surface area contributed by atoms with Crippen molar-refractivity contribution in [3.63, 3.8) is 0 Å². The first-order valence-corrected chi connectivity index (χ1v) is 8.54. The zero-order valence-corrected chi connectivity index (χ0v) is 14.1. The van der Waals surface area contributed by atoms with Gasteiger partial charge in [0.05, 0.1) is 12.1 Å². The van der Waals surface area contributed by atoms with Gasteiger partial charge < -0.3 is 15.3 Å². The van der Waals surface area contributed by atoms with Crippen LogP contribution >= 0.6 is 11.3 Å². The molecule has 2 amide bonds. The van der Waals surface area contributed by atoms with Gasteiger partial charge in [-0.3, -0.25) is 9.59 Å². The Hall–Kier alpha value is -1.96. The Labute approximate surface area is 138 Å². The quantitative estimate of drug-likeness (QED) is 0.851. The molecular weight excluding hydrogens is 318 g/mol. The molecule has 0 aromatic carbocycles. The van der Waals surface area contributed by atoms with Crippen LogP contribution in [0, 0.1) is 5.92 Å². The highest BCUT2D eigenvalue weighted by atomic mass is 32.1. The maximum Gasteiger partial charge on any atom is 0.326 e. The van der Waals surface area contributed by atoms with Gasteiger partial charge in [0.2, 0.25) is 11.8 Å². The first-order chi connectivity index (χ1) is 10.9. The van der Waals surface area contributed by atoms with Gasteiger partial charge in [-0.25, -0.2) is 9.78 Å². The summed E-state index contributed by atoms with van der Waals surface area (Å²) in [5.41, 5.74) is 0.550. The van der Waals surface area contributed by atoms with Gasteiger partial charge in [0.15, 0.2) is 5.13 Å². The van der Waals surface area contributed by atoms with Gasteiger partial charge in [-0.2, -0.15) is 0 Å². The number of hydrogen-bond acceptors (Lipinski definition) is 5. The average Bonchev–Trinajstić information content (AvgIpc) is 2.94. The molecule has 2 heterocycles. The van der Waals surface area contributed by atoms with E-state index in [0.29, 0.717) is 23.8 Å². The normalized spacial score (nSPS) is 18.0. The third-order valence-corrected chi connectivity index (χ3v) is 4.55. The van der Waals surface area contributed by atoms with Crippen LogP contribution in [-0.2, 0) is 20.8 Å². The molecule has 1 fully saturated rings. The number of carbonyl (C=O) groups is 3. The summed E-state index contributed by atoms with van der Waals surface area (Å²) < 4.78 is 0. The number of rotatable bonds is 5. The number of carboxylic acid groups (broad SMARTS) is 1. The zero-order valence-electron chi connectivity index (χ0n) is 13.2. The molecule has 0 spiro atoms. The molecule has 0 saturated carbocycles. The molecular formula is C15H21N3O4S. The van der Waals surface area contributed by atoms with Crippen molar-refractivity contribution in [2.24, 2.45) is 5.92 Å². The number of nitrogens with zero attached hydrogens (tertiary/aromatic N) is 2. The number of aromatic nitrogens is 1. The van der Waals surface area contributed by atoms with E-state index in [2.05, 4.69) is 10.3 Å². The van der Waals surface area contributed by atoms with E-state index < -0.39 is 12.0 Å². The topological polar surface area (TPSA) is 99.6 Å². The van der Waals surface area contributed by atoms with Gasteiger partial charge in [-0.1, -0.05) is 13.8 Å². The van der Waals surface area contributed by atoms with E-state index in [4.69, 9.17) is 0 Å². The Morgan fingerprint density at radius 1 is 1.43 bits per heavy atom. The summed E-state index contributed by atoms with van der Waals surface area (Å²) in [6, 6.07) is -0.741. The highest BCUT2D eigenvalue weighted by Gasteiger charge is 2.32. The molecule has 1 aliphatic rings. The lowest BCUT2D eigenvalue weighted by atomic mass is 10.0. The van der Waals surface area contributed by atoms with E-state index in [1.807, 2.05) is 0 Å². The third kappa shape index (κ3) is 4.51. The molecule has 1 aromatic heterocycles. The predicted octanol–water partition coefficient (Wildman–Crippen LogP) is 1.75. The monoisotopic (exact) mass is 339 g/mol. The first-order valence-electron chi connectivity index (χ1n) is 7.66. The Kier molecular flexibility index (Phi) is 5.70. The number of nitrogens with one attached hydrogen (secondary N) is 1. The van der Waals surface area contributed by atoms with E-state index in [0.717, 1.165) is 12.8 Å². The van der Waals surface area contributed by atoms with Gasteiger partial charge in [-0.05, 0) is 19.3 Å². The van der Waals surface area contributed by atoms with Crippen LogP contribution in [0.25, 0.3) is 0 Å². The second-order valence-electron chi connectivity index (χ2n) is 5.90. The summed E-state index contributed by atoms with van der Waals surface area (Å²) in [5.74, 6) is -1.46. The molecule has 2 rings (SSSR count). The number of hydrogen-bond donors (Lipinski definition) is 2. The SMILES string of the molecule is CC(C)C(=O)Nc1nc(CC(=O)N2CCCC[C@@H]2C(=O)O)cs1. The van der Waals surface area contributed by atoms with Crippen molar-refractivity contribution < 1.29 is 19.5 Å². The van der Waals surface area contributed by atoms with Crippen LogP contribution in [0.2, 0.25) is 0 Å². The van der Waals surface area contributed by atoms with Crippen LogP contribution in [0.5, 0.6) is 0 Å². The number of amides is 2. The Morgan fingerprint density at radius 3 is 2.83 bits per heavy atom. The Balaban J connectivity index is 1.98. The van der Waals surface area contributed by atoms with Crippen LogP contribution < -0.4 is 5.32 Å². The molecule has 0 bridgehead atoms. The molecule has 23 heavy (non-hydrogen) atoms. The van der Waals surface area contributed by atoms with E-state index in [9.17, 15) is 19.5 Å². The second kappa shape index (κ2) is 7.54. The van der Waals surface area contributed by atoms with E-state index >= 15 is 0 Å². The highest BCUT2D eigenvalue weighted by molar-refractivity contribution is 7.13. The molecule has 0 aliphatic carbocycles. The first kappa shape index (κ1) is 17.4. The lowest BCUT2D eigenvalue weighted by molar-refractivity contribution is -0.151. The third-order valence-electron chi connectivity index (χ3n) is 3.75. The summed E-state index contributed by atoms with van der Waals surface area (Å²) >= 11 is 1.26. The van der Waals surface area contributed by atoms with E-state index in [-0.39, 0.29) is 24.2 Å². The number of likely N-dealkylation sites (tertiary alicyclic amines) is 1. The molecule has 0 unspecified atom stereocenters. The molecule has 1 atom stereocenters. The Morgan fingerprint density at radius 2 is 2.17 bits per heavy atom. The summed E-state index contributed by atoms with van der Waals surface area (Å²) in [4.78, 5) is 40.9. The standard InChI is InChI=1S/C15H21N3O4S/c1-9(2)13(20)17-15-16-10(8-23-15)7-12(19)18-6-4-3-5-11(18)14(21)22/h8-9,11H,3-7H2,1-2H3,(H,21,22)(H,16,17,20)/t11-/m1/s1. The molecule has 2 N–H and O–H groups in total. The maximum atomic E-state index is 12.4. The highest BCUT2D eigenvalue weighted by Crippen LogP contribution is 2.21. The number of thiazole rings is 1. The molecule has 8 heteroatoms. The molecule has 0 radical (unpaired) electrons. The maximum absolute atomic E-state index is 12.4. The van der Waals surface area contributed by atoms with Crippen LogP contribution in [0.3, 0.4) is 0 Å². The van der Waals surface area contributed by atoms with Crippen LogP contribution in [0.1, 0.15) is 38.8 Å². The molecule has 1 aromatic rings. The molecule has 126 valence electrons. The van der Waals surface area contributed by atoms with Crippen molar-refractivity contribution in [1.29, 1.82) is 0 Å². The number of piperidine rings is 1. The number of carbonyl (C=O) groups excluding carboxylic acids is 2. The van der Waals surface area contributed by atoms with Gasteiger partial charge >= 0.3 is 5.97 Å². The minimum absolute atomic E-state index is 0.0534. The predicted molar refractivity (Wildman–Crippen MR) is 86.3 cm³/mol. The summed E-state index contributed by atoms with van der Waals surface area (Å²) in [7, 11) is 0. The largest absolute Gasteiger partial charge is 0.480 e. The van der Waals surface area contributed by atoms with E-state index in [1.165, 1.54) is 16.2 Å². The average molecular weight is 339 g/mol. The zero-order chi connectivity index (χ0) is 17.0. The summed E-state index contributed by atoms with van der Waals surface area (Å²) in [6.07, 6.45) is 2.19. The minimum atomic E-state index is -0.957. The molecule has 1 saturated heterocycles. The smallest absolute Gasteiger partial charge is 0.326 e. The number of anilines is 1. The lowest BCUT2D eigenvalue weighted by Crippen LogP contribution is -2.48. The molecule has 7 nitrogen and oxygen atoms in total. The number of aliphatic carboxylic acids is 1. The fourth-order valence-corrected chi connectivity index (χ4v) is 3.15. The van der Waals surface area contributed by atoms with Crippen LogP contribution in [0.15, 0.2) is 5.38 Å². The second-order valence-corrected chi connectivity index (χ2v) is 6.76. The van der Waals surface area contributed by atoms with Crippen molar-refractivity contribution in [1.82, 2.24) is 9.88 Å². The van der Waals surface area contributed by atoms with Gasteiger partial charge in [0.1, 0.15) is 6.04 Å². The number of carboxylic acids is 1. The van der Waals surface area contributed by atoms with Crippen molar-refractivity contribution >= 4 is 34.3 Å². The van der Waals surface area contributed by atoms with E-state index in [1.54, 1.807) is 19.2 Å². The minimum Gasteiger partial charge on any atom is -0.480 e.